The summed E-state index contributed by atoms with van der Waals surface area (Å²) in [5, 5.41) is 6.82. The molecule has 1 saturated heterocycles. The summed E-state index contributed by atoms with van der Waals surface area (Å²) in [5.41, 5.74) is 0.697. The van der Waals surface area contributed by atoms with Crippen LogP contribution in [-0.2, 0) is 4.79 Å². The molecule has 2 N–H and O–H groups in total. The van der Waals surface area contributed by atoms with Crippen molar-refractivity contribution in [3.8, 4) is 0 Å². The largest absolute Gasteiger partial charge is 0.325 e. The van der Waals surface area contributed by atoms with E-state index in [9.17, 15) is 4.79 Å². The van der Waals surface area contributed by atoms with Gasteiger partial charge in [0.2, 0.25) is 5.91 Å². The molecule has 104 valence electrons. The van der Waals surface area contributed by atoms with Crippen molar-refractivity contribution in [2.75, 3.05) is 11.9 Å². The fraction of sp³-hybridized carbons (Fsp3) is 0.500. The molecule has 3 nitrogen and oxygen atoms in total. The maximum absolute atomic E-state index is 12.4. The van der Waals surface area contributed by atoms with Gasteiger partial charge in [-0.2, -0.15) is 0 Å². The molecule has 0 radical (unpaired) electrons. The van der Waals surface area contributed by atoms with Crippen LogP contribution < -0.4 is 10.6 Å². The van der Waals surface area contributed by atoms with Gasteiger partial charge < -0.3 is 10.6 Å². The van der Waals surface area contributed by atoms with Crippen LogP contribution in [0.1, 0.15) is 26.7 Å². The minimum absolute atomic E-state index is 0.00286. The van der Waals surface area contributed by atoms with Crippen LogP contribution in [0.15, 0.2) is 22.7 Å². The molecule has 1 aromatic carbocycles. The Kier molecular flexibility index (Phi) is 4.54. The molecule has 1 fully saturated rings. The summed E-state index contributed by atoms with van der Waals surface area (Å²) >= 11 is 9.36. The zero-order valence-corrected chi connectivity index (χ0v) is 13.4. The molecule has 2 rings (SSSR count). The van der Waals surface area contributed by atoms with Crippen LogP contribution in [0.3, 0.4) is 0 Å². The van der Waals surface area contributed by atoms with E-state index in [2.05, 4.69) is 40.4 Å². The smallest absolute Gasteiger partial charge is 0.242 e. The van der Waals surface area contributed by atoms with Crippen LogP contribution in [-0.4, -0.2) is 18.5 Å². The van der Waals surface area contributed by atoms with Crippen LogP contribution in [0.5, 0.6) is 0 Å². The number of rotatable bonds is 2. The molecule has 1 atom stereocenters. The standard InChI is InChI=1S/C14H18BrClN2O/c1-14(2)6-3-7-17-12(14)13(19)18-9-4-5-10(15)11(16)8-9/h4-5,8,12,17H,3,6-7H2,1-2H3,(H,18,19). The summed E-state index contributed by atoms with van der Waals surface area (Å²) in [7, 11) is 0. The fourth-order valence-electron chi connectivity index (χ4n) is 2.45. The molecule has 1 heterocycles. The zero-order valence-electron chi connectivity index (χ0n) is 11.1. The highest BCUT2D eigenvalue weighted by Crippen LogP contribution is 2.31. The lowest BCUT2D eigenvalue weighted by Gasteiger charge is -2.38. The van der Waals surface area contributed by atoms with Crippen molar-refractivity contribution in [1.82, 2.24) is 5.32 Å². The van der Waals surface area contributed by atoms with E-state index in [1.165, 1.54) is 0 Å². The first-order valence-electron chi connectivity index (χ1n) is 6.39. The van der Waals surface area contributed by atoms with Gasteiger partial charge in [0.25, 0.3) is 0 Å². The molecule has 1 amide bonds. The first-order valence-corrected chi connectivity index (χ1v) is 7.56. The van der Waals surface area contributed by atoms with Crippen LogP contribution in [0.25, 0.3) is 0 Å². The lowest BCUT2D eigenvalue weighted by atomic mass is 9.77. The number of anilines is 1. The molecule has 19 heavy (non-hydrogen) atoms. The SMILES string of the molecule is CC1(C)CCCNC1C(=O)Nc1ccc(Br)c(Cl)c1. The molecule has 0 aliphatic carbocycles. The van der Waals surface area contributed by atoms with Crippen LogP contribution >= 0.6 is 27.5 Å². The average molecular weight is 346 g/mol. The average Bonchev–Trinajstić information content (AvgIpc) is 2.33. The van der Waals surface area contributed by atoms with Gasteiger partial charge in [0, 0.05) is 10.2 Å². The lowest BCUT2D eigenvalue weighted by Crippen LogP contribution is -2.53. The number of halogens is 2. The van der Waals surface area contributed by atoms with Gasteiger partial charge in [-0.25, -0.2) is 0 Å². The summed E-state index contributed by atoms with van der Waals surface area (Å²) in [4.78, 5) is 12.4. The second kappa shape index (κ2) is 5.81. The van der Waals surface area contributed by atoms with Crippen molar-refractivity contribution in [3.05, 3.63) is 27.7 Å². The highest BCUT2D eigenvalue weighted by molar-refractivity contribution is 9.10. The normalized spacial score (nSPS) is 22.0. The minimum atomic E-state index is -0.163. The molecule has 0 saturated carbocycles. The van der Waals surface area contributed by atoms with Gasteiger partial charge in [0.15, 0.2) is 0 Å². The molecule has 0 spiro atoms. The number of carbonyl (C=O) groups excluding carboxylic acids is 1. The first kappa shape index (κ1) is 14.8. The summed E-state index contributed by atoms with van der Waals surface area (Å²) in [6.45, 7) is 5.14. The third kappa shape index (κ3) is 3.50. The summed E-state index contributed by atoms with van der Waals surface area (Å²) in [5.74, 6) is 0.00286. The molecule has 0 bridgehead atoms. The first-order chi connectivity index (χ1) is 8.90. The van der Waals surface area contributed by atoms with Crippen molar-refractivity contribution in [2.45, 2.75) is 32.7 Å². The van der Waals surface area contributed by atoms with E-state index in [1.807, 2.05) is 12.1 Å². The molecular weight excluding hydrogens is 328 g/mol. The Hall–Kier alpha value is -0.580. The van der Waals surface area contributed by atoms with Crippen molar-refractivity contribution >= 4 is 39.1 Å². The topological polar surface area (TPSA) is 41.1 Å². The number of amides is 1. The maximum atomic E-state index is 12.4. The van der Waals surface area contributed by atoms with E-state index < -0.39 is 0 Å². The Labute approximate surface area is 127 Å². The Morgan fingerprint density at radius 3 is 2.89 bits per heavy atom. The van der Waals surface area contributed by atoms with Crippen molar-refractivity contribution < 1.29 is 4.79 Å². The van der Waals surface area contributed by atoms with Gasteiger partial charge in [0.1, 0.15) is 0 Å². The molecule has 1 unspecified atom stereocenters. The van der Waals surface area contributed by atoms with Crippen molar-refractivity contribution in [2.24, 2.45) is 5.41 Å². The zero-order chi connectivity index (χ0) is 14.0. The predicted molar refractivity (Wildman–Crippen MR) is 82.6 cm³/mol. The summed E-state index contributed by atoms with van der Waals surface area (Å²) in [6, 6.07) is 5.25. The van der Waals surface area contributed by atoms with Gasteiger partial charge in [-0.1, -0.05) is 25.4 Å². The fourth-order valence-corrected chi connectivity index (χ4v) is 2.87. The summed E-state index contributed by atoms with van der Waals surface area (Å²) in [6.07, 6.45) is 2.17. The van der Waals surface area contributed by atoms with E-state index in [1.54, 1.807) is 6.07 Å². The number of carbonyl (C=O) groups is 1. The quantitative estimate of drug-likeness (QED) is 0.855. The minimum Gasteiger partial charge on any atom is -0.325 e. The number of nitrogens with one attached hydrogen (secondary N) is 2. The molecule has 5 heteroatoms. The lowest BCUT2D eigenvalue weighted by molar-refractivity contribution is -0.121. The van der Waals surface area contributed by atoms with E-state index in [0.29, 0.717) is 5.02 Å². The third-order valence-electron chi connectivity index (χ3n) is 3.58. The number of hydrogen-bond donors (Lipinski definition) is 2. The number of piperidine rings is 1. The molecular formula is C14H18BrClN2O. The van der Waals surface area contributed by atoms with Gasteiger partial charge in [-0.05, 0) is 58.9 Å². The van der Waals surface area contributed by atoms with Crippen molar-refractivity contribution in [3.63, 3.8) is 0 Å². The number of hydrogen-bond acceptors (Lipinski definition) is 2. The van der Waals surface area contributed by atoms with E-state index >= 15 is 0 Å². The third-order valence-corrected chi connectivity index (χ3v) is 4.81. The Morgan fingerprint density at radius 1 is 1.53 bits per heavy atom. The Bertz CT molecular complexity index is 490. The molecule has 1 aromatic rings. The van der Waals surface area contributed by atoms with E-state index in [0.717, 1.165) is 29.5 Å². The molecule has 1 aliphatic rings. The Balaban J connectivity index is 2.09. The highest BCUT2D eigenvalue weighted by atomic mass is 79.9. The van der Waals surface area contributed by atoms with Crippen LogP contribution in [0.2, 0.25) is 5.02 Å². The number of benzene rings is 1. The van der Waals surface area contributed by atoms with Crippen LogP contribution in [0, 0.1) is 5.41 Å². The van der Waals surface area contributed by atoms with Crippen molar-refractivity contribution in [1.29, 1.82) is 0 Å². The van der Waals surface area contributed by atoms with E-state index in [4.69, 9.17) is 11.6 Å². The molecule has 1 aliphatic heterocycles. The van der Waals surface area contributed by atoms with Gasteiger partial charge in [0.05, 0.1) is 11.1 Å². The highest BCUT2D eigenvalue weighted by Gasteiger charge is 2.37. The van der Waals surface area contributed by atoms with Gasteiger partial charge >= 0.3 is 0 Å². The second-order valence-corrected chi connectivity index (χ2v) is 6.86. The molecule has 0 aromatic heterocycles. The monoisotopic (exact) mass is 344 g/mol. The van der Waals surface area contributed by atoms with Crippen LogP contribution in [0.4, 0.5) is 5.69 Å². The Morgan fingerprint density at radius 2 is 2.26 bits per heavy atom. The maximum Gasteiger partial charge on any atom is 0.242 e. The second-order valence-electron chi connectivity index (χ2n) is 5.60. The van der Waals surface area contributed by atoms with E-state index in [-0.39, 0.29) is 17.4 Å². The summed E-state index contributed by atoms with van der Waals surface area (Å²) < 4.78 is 0.822. The van der Waals surface area contributed by atoms with Gasteiger partial charge in [-0.3, -0.25) is 4.79 Å². The van der Waals surface area contributed by atoms with Gasteiger partial charge in [-0.15, -0.1) is 0 Å². The predicted octanol–water partition coefficient (Wildman–Crippen LogP) is 3.82.